The van der Waals surface area contributed by atoms with Gasteiger partial charge in [0.05, 0.1) is 0 Å². The molecule has 0 radical (unpaired) electrons. The van der Waals surface area contributed by atoms with Gasteiger partial charge in [-0.25, -0.2) is 13.6 Å². The van der Waals surface area contributed by atoms with Crippen LogP contribution in [0.5, 0.6) is 5.75 Å². The maximum absolute atomic E-state index is 15.0. The summed E-state index contributed by atoms with van der Waals surface area (Å²) in [5.74, 6) is -3.78. The molecule has 1 aliphatic rings. The number of phenols is 1. The van der Waals surface area contributed by atoms with Gasteiger partial charge in [-0.05, 0) is 32.4 Å². The summed E-state index contributed by atoms with van der Waals surface area (Å²) in [6.07, 6.45) is 0. The van der Waals surface area contributed by atoms with Gasteiger partial charge in [-0.3, -0.25) is 4.90 Å². The van der Waals surface area contributed by atoms with Crippen LogP contribution in [0.25, 0.3) is 0 Å². The fourth-order valence-electron chi connectivity index (χ4n) is 2.69. The lowest BCUT2D eigenvalue weighted by atomic mass is 9.86. The smallest absolute Gasteiger partial charge is 0.343 e. The highest BCUT2D eigenvalue weighted by Crippen LogP contribution is 2.43. The van der Waals surface area contributed by atoms with E-state index in [1.165, 1.54) is 12.1 Å². The molecule has 116 valence electrons. The first kappa shape index (κ1) is 15.7. The van der Waals surface area contributed by atoms with E-state index in [4.69, 9.17) is 0 Å². The zero-order valence-electron chi connectivity index (χ0n) is 12.2. The molecule has 0 aliphatic carbocycles. The highest BCUT2D eigenvalue weighted by Gasteiger charge is 2.56. The van der Waals surface area contributed by atoms with Crippen molar-refractivity contribution in [2.45, 2.75) is 37.9 Å². The lowest BCUT2D eigenvalue weighted by molar-refractivity contribution is -0.151. The number of carbonyl (C=O) groups is 1. The molecule has 0 amide bonds. The number of benzene rings is 1. The summed E-state index contributed by atoms with van der Waals surface area (Å²) in [6, 6.07) is 3.36. The van der Waals surface area contributed by atoms with Crippen LogP contribution in [0.15, 0.2) is 18.2 Å². The zero-order chi connectivity index (χ0) is 16.0. The summed E-state index contributed by atoms with van der Waals surface area (Å²) in [7, 11) is 0. The van der Waals surface area contributed by atoms with Crippen LogP contribution in [0.2, 0.25) is 0 Å². The van der Waals surface area contributed by atoms with Crippen molar-refractivity contribution in [2.24, 2.45) is 0 Å². The Morgan fingerprint density at radius 2 is 2.05 bits per heavy atom. The minimum atomic E-state index is -2.55. The van der Waals surface area contributed by atoms with Gasteiger partial charge in [-0.2, -0.15) is 0 Å². The van der Waals surface area contributed by atoms with Crippen molar-refractivity contribution in [1.29, 1.82) is 0 Å². The number of alkyl halides is 1. The third kappa shape index (κ3) is 2.72. The van der Waals surface area contributed by atoms with E-state index in [1.54, 1.807) is 4.90 Å². The highest BCUT2D eigenvalue weighted by molar-refractivity contribution is 5.80. The fourth-order valence-corrected chi connectivity index (χ4v) is 2.69. The number of likely N-dealkylation sites (tertiary alicyclic amines) is 1. The lowest BCUT2D eigenvalue weighted by Crippen LogP contribution is -2.45. The second-order valence-corrected chi connectivity index (χ2v) is 6.48. The van der Waals surface area contributed by atoms with Gasteiger partial charge < -0.3 is 10.2 Å². The minimum Gasteiger partial charge on any atom is -0.508 e. The summed E-state index contributed by atoms with van der Waals surface area (Å²) in [5.41, 5.74) is -3.00. The van der Waals surface area contributed by atoms with Crippen molar-refractivity contribution in [3.63, 3.8) is 0 Å². The number of hydrogen-bond acceptors (Lipinski definition) is 3. The van der Waals surface area contributed by atoms with Crippen molar-refractivity contribution in [2.75, 3.05) is 13.1 Å². The molecule has 2 rings (SSSR count). The van der Waals surface area contributed by atoms with Crippen molar-refractivity contribution >= 4 is 5.97 Å². The average molecular weight is 299 g/mol. The van der Waals surface area contributed by atoms with Gasteiger partial charge in [-0.1, -0.05) is 6.07 Å². The Hall–Kier alpha value is -1.69. The van der Waals surface area contributed by atoms with Gasteiger partial charge >= 0.3 is 5.97 Å². The highest BCUT2D eigenvalue weighted by atomic mass is 19.1. The number of halogens is 2. The second kappa shape index (κ2) is 4.94. The van der Waals surface area contributed by atoms with Gasteiger partial charge in [0.15, 0.2) is 0 Å². The van der Waals surface area contributed by atoms with Gasteiger partial charge in [0, 0.05) is 30.6 Å². The molecule has 4 nitrogen and oxygen atoms in total. The average Bonchev–Trinajstić information content (AvgIpc) is 2.68. The van der Waals surface area contributed by atoms with Crippen molar-refractivity contribution in [3.05, 3.63) is 29.6 Å². The Labute approximate surface area is 122 Å². The molecule has 21 heavy (non-hydrogen) atoms. The summed E-state index contributed by atoms with van der Waals surface area (Å²) < 4.78 is 29.0. The van der Waals surface area contributed by atoms with E-state index in [9.17, 15) is 23.8 Å². The van der Waals surface area contributed by atoms with Gasteiger partial charge in [0.2, 0.25) is 5.67 Å². The van der Waals surface area contributed by atoms with Crippen LogP contribution in [0.4, 0.5) is 8.78 Å². The first-order valence-corrected chi connectivity index (χ1v) is 6.71. The number of rotatable bonds is 2. The number of aromatic hydroxyl groups is 1. The van der Waals surface area contributed by atoms with E-state index in [0.29, 0.717) is 0 Å². The number of aliphatic carboxylic acids is 1. The molecule has 0 spiro atoms. The maximum atomic E-state index is 15.0. The number of hydrogen-bond donors (Lipinski definition) is 2. The van der Waals surface area contributed by atoms with Crippen LogP contribution < -0.4 is 0 Å². The molecular weight excluding hydrogens is 280 g/mol. The monoisotopic (exact) mass is 299 g/mol. The molecule has 0 bridgehead atoms. The topological polar surface area (TPSA) is 60.8 Å². The quantitative estimate of drug-likeness (QED) is 0.881. The number of carboxylic acids is 1. The first-order chi connectivity index (χ1) is 9.55. The zero-order valence-corrected chi connectivity index (χ0v) is 12.2. The Kier molecular flexibility index (Phi) is 3.70. The summed E-state index contributed by atoms with van der Waals surface area (Å²) in [5, 5.41) is 18.5. The van der Waals surface area contributed by atoms with Gasteiger partial charge in [-0.15, -0.1) is 0 Å². The molecule has 1 aliphatic heterocycles. The summed E-state index contributed by atoms with van der Waals surface area (Å²) in [4.78, 5) is 13.1. The Morgan fingerprint density at radius 3 is 2.52 bits per heavy atom. The predicted octanol–water partition coefficient (Wildman–Crippen LogP) is 2.52. The third-order valence-electron chi connectivity index (χ3n) is 4.04. The molecular formula is C15H19F2NO3. The largest absolute Gasteiger partial charge is 0.508 e. The molecule has 1 aromatic carbocycles. The summed E-state index contributed by atoms with van der Waals surface area (Å²) >= 11 is 0. The third-order valence-corrected chi connectivity index (χ3v) is 4.04. The van der Waals surface area contributed by atoms with E-state index in [1.807, 2.05) is 20.8 Å². The van der Waals surface area contributed by atoms with E-state index >= 15 is 0 Å². The fraction of sp³-hybridized carbons (Fsp3) is 0.533. The summed E-state index contributed by atoms with van der Waals surface area (Å²) in [6.45, 7) is 5.37. The van der Waals surface area contributed by atoms with Crippen LogP contribution in [0, 0.1) is 5.82 Å². The molecule has 1 aromatic rings. The van der Waals surface area contributed by atoms with Crippen LogP contribution in [-0.2, 0) is 4.79 Å². The van der Waals surface area contributed by atoms with E-state index < -0.39 is 28.9 Å². The second-order valence-electron chi connectivity index (χ2n) is 6.48. The Morgan fingerprint density at radius 1 is 1.43 bits per heavy atom. The SMILES string of the molecule is CC(C)(C)N1C[C@@H](c2ccc(O)cc2F)[C@](F)(C(=O)O)C1. The lowest BCUT2D eigenvalue weighted by Gasteiger charge is -2.31. The molecule has 6 heteroatoms. The molecule has 2 atom stereocenters. The van der Waals surface area contributed by atoms with E-state index in [0.717, 1.165) is 6.07 Å². The Bertz CT molecular complexity index is 571. The molecule has 1 saturated heterocycles. The van der Waals surface area contributed by atoms with Crippen LogP contribution >= 0.6 is 0 Å². The van der Waals surface area contributed by atoms with E-state index in [-0.39, 0.29) is 24.4 Å². The normalized spacial score (nSPS) is 27.0. The predicted molar refractivity (Wildman–Crippen MR) is 73.6 cm³/mol. The number of carboxylic acid groups (broad SMARTS) is 1. The molecule has 2 N–H and O–H groups in total. The molecule has 1 heterocycles. The number of phenolic OH excluding ortho intramolecular Hbond substituents is 1. The van der Waals surface area contributed by atoms with Gasteiger partial charge in [0.25, 0.3) is 0 Å². The van der Waals surface area contributed by atoms with Crippen LogP contribution in [0.3, 0.4) is 0 Å². The standard InChI is InChI=1S/C15H19F2NO3/c1-14(2,3)18-7-11(15(17,8-18)13(20)21)10-5-4-9(19)6-12(10)16/h4-6,11,19H,7-8H2,1-3H3,(H,20,21)/t11-,15-/m0/s1. The minimum absolute atomic E-state index is 0.0237. The molecule has 0 aromatic heterocycles. The molecule has 1 fully saturated rings. The van der Waals surface area contributed by atoms with Gasteiger partial charge in [0.1, 0.15) is 11.6 Å². The van der Waals surface area contributed by atoms with Crippen LogP contribution in [-0.4, -0.2) is 45.4 Å². The maximum Gasteiger partial charge on any atom is 0.343 e. The molecule has 0 saturated carbocycles. The van der Waals surface area contributed by atoms with Crippen molar-refractivity contribution in [1.82, 2.24) is 4.90 Å². The Balaban J connectivity index is 2.46. The van der Waals surface area contributed by atoms with Crippen molar-refractivity contribution in [3.8, 4) is 5.75 Å². The molecule has 0 unspecified atom stereocenters. The van der Waals surface area contributed by atoms with E-state index in [2.05, 4.69) is 0 Å². The van der Waals surface area contributed by atoms with Crippen LogP contribution in [0.1, 0.15) is 32.3 Å². The first-order valence-electron chi connectivity index (χ1n) is 6.71. The van der Waals surface area contributed by atoms with Crippen molar-refractivity contribution < 1.29 is 23.8 Å². The number of nitrogens with zero attached hydrogens (tertiary/aromatic N) is 1.